The summed E-state index contributed by atoms with van der Waals surface area (Å²) in [6.07, 6.45) is 0. The molecule has 2 aromatic rings. The molecule has 2 nitrogen and oxygen atoms in total. The maximum absolute atomic E-state index is 5.69. The monoisotopic (exact) mass is 326 g/mol. The van der Waals surface area contributed by atoms with Gasteiger partial charge in [0.25, 0.3) is 0 Å². The van der Waals surface area contributed by atoms with Crippen molar-refractivity contribution in [3.05, 3.63) is 40.9 Å². The van der Waals surface area contributed by atoms with E-state index in [0.29, 0.717) is 19.8 Å². The number of hydrogen-bond acceptors (Lipinski definition) is 3. The Balaban J connectivity index is 2.03. The van der Waals surface area contributed by atoms with Crippen LogP contribution >= 0.6 is 28.6 Å². The van der Waals surface area contributed by atoms with E-state index in [1.807, 2.05) is 18.2 Å². The summed E-state index contributed by atoms with van der Waals surface area (Å²) >= 11 is 7.66. The van der Waals surface area contributed by atoms with Gasteiger partial charge in [0.05, 0.1) is 17.7 Å². The highest BCUT2D eigenvalue weighted by Gasteiger charge is 2.05. The predicted molar refractivity (Wildman–Crippen MR) is 81.8 cm³/mol. The number of benzene rings is 2. The first-order valence-electron chi connectivity index (χ1n) is 5.81. The SMILES string of the molecule is SCCOCCOc1ccc2ccccc2c1Br. The number of halogens is 1. The molecule has 96 valence electrons. The van der Waals surface area contributed by atoms with Crippen molar-refractivity contribution < 1.29 is 9.47 Å². The Kier molecular flexibility index (Phi) is 5.35. The number of ether oxygens (including phenoxy) is 2. The first-order valence-corrected chi connectivity index (χ1v) is 7.24. The molecule has 0 radical (unpaired) electrons. The van der Waals surface area contributed by atoms with Gasteiger partial charge in [0.15, 0.2) is 0 Å². The minimum atomic E-state index is 0.546. The van der Waals surface area contributed by atoms with Gasteiger partial charge in [-0.25, -0.2) is 0 Å². The second kappa shape index (κ2) is 7.02. The fourth-order valence-electron chi connectivity index (χ4n) is 1.70. The summed E-state index contributed by atoms with van der Waals surface area (Å²) in [4.78, 5) is 0. The maximum Gasteiger partial charge on any atom is 0.134 e. The summed E-state index contributed by atoms with van der Waals surface area (Å²) in [5.41, 5.74) is 0. The van der Waals surface area contributed by atoms with Crippen molar-refractivity contribution in [2.45, 2.75) is 0 Å². The molecule has 2 rings (SSSR count). The minimum absolute atomic E-state index is 0.546. The Bertz CT molecular complexity index is 516. The zero-order valence-corrected chi connectivity index (χ0v) is 12.4. The van der Waals surface area contributed by atoms with Crippen LogP contribution in [0.15, 0.2) is 40.9 Å². The topological polar surface area (TPSA) is 18.5 Å². The van der Waals surface area contributed by atoms with Gasteiger partial charge in [0.1, 0.15) is 12.4 Å². The molecule has 0 unspecified atom stereocenters. The Hall–Kier alpha value is -0.710. The average Bonchev–Trinajstić information content (AvgIpc) is 2.41. The van der Waals surface area contributed by atoms with Crippen LogP contribution in [0.2, 0.25) is 0 Å². The largest absolute Gasteiger partial charge is 0.490 e. The van der Waals surface area contributed by atoms with Crippen LogP contribution in [0.3, 0.4) is 0 Å². The van der Waals surface area contributed by atoms with Crippen LogP contribution in [0.4, 0.5) is 0 Å². The molecule has 4 heteroatoms. The lowest BCUT2D eigenvalue weighted by Crippen LogP contribution is -2.08. The summed E-state index contributed by atoms with van der Waals surface area (Å²) in [6.45, 7) is 1.79. The molecule has 0 heterocycles. The van der Waals surface area contributed by atoms with Crippen molar-refractivity contribution in [1.29, 1.82) is 0 Å². The van der Waals surface area contributed by atoms with Crippen molar-refractivity contribution >= 4 is 39.3 Å². The van der Waals surface area contributed by atoms with Gasteiger partial charge in [-0.05, 0) is 32.8 Å². The van der Waals surface area contributed by atoms with E-state index in [1.54, 1.807) is 0 Å². The van der Waals surface area contributed by atoms with Gasteiger partial charge in [-0.2, -0.15) is 12.6 Å². The molecule has 0 saturated heterocycles. The summed E-state index contributed by atoms with van der Waals surface area (Å²) in [6, 6.07) is 12.2. The van der Waals surface area contributed by atoms with Crippen molar-refractivity contribution in [3.8, 4) is 5.75 Å². The molecule has 0 aromatic heterocycles. The smallest absolute Gasteiger partial charge is 0.134 e. The van der Waals surface area contributed by atoms with Gasteiger partial charge < -0.3 is 9.47 Å². The van der Waals surface area contributed by atoms with Gasteiger partial charge in [0.2, 0.25) is 0 Å². The van der Waals surface area contributed by atoms with E-state index in [2.05, 4.69) is 46.8 Å². The minimum Gasteiger partial charge on any atom is -0.490 e. The predicted octanol–water partition coefficient (Wildman–Crippen LogP) is 3.93. The second-order valence-electron chi connectivity index (χ2n) is 3.78. The molecular weight excluding hydrogens is 312 g/mol. The van der Waals surface area contributed by atoms with E-state index >= 15 is 0 Å². The highest BCUT2D eigenvalue weighted by Crippen LogP contribution is 2.32. The fraction of sp³-hybridized carbons (Fsp3) is 0.286. The quantitative estimate of drug-likeness (QED) is 0.640. The molecule has 0 bridgehead atoms. The number of rotatable bonds is 6. The molecule has 0 N–H and O–H groups in total. The standard InChI is InChI=1S/C14H15BrO2S/c15-14-12-4-2-1-3-11(12)5-6-13(14)17-8-7-16-9-10-18/h1-6,18H,7-10H2. The highest BCUT2D eigenvalue weighted by atomic mass is 79.9. The molecular formula is C14H15BrO2S. The lowest BCUT2D eigenvalue weighted by atomic mass is 10.1. The van der Waals surface area contributed by atoms with Crippen LogP contribution in [-0.4, -0.2) is 25.6 Å². The van der Waals surface area contributed by atoms with Crippen molar-refractivity contribution in [1.82, 2.24) is 0 Å². The molecule has 0 atom stereocenters. The Morgan fingerprint density at radius 2 is 1.83 bits per heavy atom. The molecule has 0 saturated carbocycles. The molecule has 18 heavy (non-hydrogen) atoms. The zero-order valence-electron chi connectivity index (χ0n) is 9.93. The molecule has 2 aromatic carbocycles. The van der Waals surface area contributed by atoms with Gasteiger partial charge in [0, 0.05) is 5.75 Å². The van der Waals surface area contributed by atoms with Crippen molar-refractivity contribution in [3.63, 3.8) is 0 Å². The molecule has 0 fully saturated rings. The summed E-state index contributed by atoms with van der Waals surface area (Å²) in [7, 11) is 0. The van der Waals surface area contributed by atoms with Gasteiger partial charge in [-0.1, -0.05) is 30.3 Å². The van der Waals surface area contributed by atoms with Crippen molar-refractivity contribution in [2.24, 2.45) is 0 Å². The Labute approximate surface area is 121 Å². The summed E-state index contributed by atoms with van der Waals surface area (Å²) < 4.78 is 12.0. The number of fused-ring (bicyclic) bond motifs is 1. The average molecular weight is 327 g/mol. The third kappa shape index (κ3) is 3.40. The van der Waals surface area contributed by atoms with Gasteiger partial charge >= 0.3 is 0 Å². The number of thiol groups is 1. The maximum atomic E-state index is 5.69. The molecule has 0 aliphatic rings. The van der Waals surface area contributed by atoms with Crippen LogP contribution in [0, 0.1) is 0 Å². The third-order valence-corrected chi connectivity index (χ3v) is 3.55. The van der Waals surface area contributed by atoms with Gasteiger partial charge in [-0.15, -0.1) is 0 Å². The summed E-state index contributed by atoms with van der Waals surface area (Å²) in [5.74, 6) is 1.59. The molecule has 0 spiro atoms. The zero-order chi connectivity index (χ0) is 12.8. The number of hydrogen-bond donors (Lipinski definition) is 1. The van der Waals surface area contributed by atoms with E-state index in [9.17, 15) is 0 Å². The van der Waals surface area contributed by atoms with Crippen LogP contribution in [-0.2, 0) is 4.74 Å². The normalized spacial score (nSPS) is 10.8. The van der Waals surface area contributed by atoms with E-state index < -0.39 is 0 Å². The van der Waals surface area contributed by atoms with Crippen LogP contribution in [0.1, 0.15) is 0 Å². The van der Waals surface area contributed by atoms with E-state index in [4.69, 9.17) is 9.47 Å². The first-order chi connectivity index (χ1) is 8.83. The van der Waals surface area contributed by atoms with Gasteiger partial charge in [-0.3, -0.25) is 0 Å². The lowest BCUT2D eigenvalue weighted by Gasteiger charge is -2.10. The van der Waals surface area contributed by atoms with Crippen LogP contribution in [0.25, 0.3) is 10.8 Å². The van der Waals surface area contributed by atoms with Crippen LogP contribution in [0.5, 0.6) is 5.75 Å². The highest BCUT2D eigenvalue weighted by molar-refractivity contribution is 9.10. The molecule has 0 aliphatic heterocycles. The fourth-order valence-corrected chi connectivity index (χ4v) is 2.44. The third-order valence-electron chi connectivity index (χ3n) is 2.55. The molecule has 0 aliphatic carbocycles. The van der Waals surface area contributed by atoms with Crippen LogP contribution < -0.4 is 4.74 Å². The lowest BCUT2D eigenvalue weighted by molar-refractivity contribution is 0.112. The Morgan fingerprint density at radius 3 is 2.67 bits per heavy atom. The summed E-state index contributed by atoms with van der Waals surface area (Å²) in [5, 5.41) is 2.36. The molecule has 0 amide bonds. The van der Waals surface area contributed by atoms with E-state index in [1.165, 1.54) is 5.39 Å². The first kappa shape index (κ1) is 13.7. The second-order valence-corrected chi connectivity index (χ2v) is 5.02. The van der Waals surface area contributed by atoms with E-state index in [-0.39, 0.29) is 0 Å². The van der Waals surface area contributed by atoms with E-state index in [0.717, 1.165) is 21.4 Å². The Morgan fingerprint density at radius 1 is 1.00 bits per heavy atom. The van der Waals surface area contributed by atoms with Crippen molar-refractivity contribution in [2.75, 3.05) is 25.6 Å².